The predicted molar refractivity (Wildman–Crippen MR) is 60.5 cm³/mol. The lowest BCUT2D eigenvalue weighted by Gasteiger charge is -2.14. The number of carboxylic acid groups (broad SMARTS) is 1. The molecular weight excluding hydrogens is 279 g/mol. The van der Waals surface area contributed by atoms with E-state index in [0.717, 1.165) is 19.2 Å². The number of benzene rings is 1. The van der Waals surface area contributed by atoms with Crippen LogP contribution >= 0.6 is 0 Å². The molecule has 0 atom stereocenters. The van der Waals surface area contributed by atoms with E-state index in [0.29, 0.717) is 0 Å². The summed E-state index contributed by atoms with van der Waals surface area (Å²) >= 11 is 0. The number of carboxylic acids is 1. The first-order chi connectivity index (χ1) is 9.34. The van der Waals surface area contributed by atoms with Gasteiger partial charge in [-0.3, -0.25) is 0 Å². The summed E-state index contributed by atoms with van der Waals surface area (Å²) in [5.74, 6) is -2.28. The highest BCUT2D eigenvalue weighted by atomic mass is 19.4. The molecule has 1 aromatic carbocycles. The highest BCUT2D eigenvalue weighted by Crippen LogP contribution is 2.41. The summed E-state index contributed by atoms with van der Waals surface area (Å²) in [6, 6.07) is 4.40. The second kappa shape index (κ2) is 4.87. The summed E-state index contributed by atoms with van der Waals surface area (Å²) in [6.45, 7) is 0. The molecule has 0 amide bonds. The Labute approximate surface area is 110 Å². The van der Waals surface area contributed by atoms with Gasteiger partial charge in [0.15, 0.2) is 0 Å². The third-order valence-corrected chi connectivity index (χ3v) is 2.52. The average molecular weight is 287 g/mol. The number of nitrogens with zero attached hydrogens (tertiary/aromatic N) is 1. The number of hydrogen-bond acceptors (Lipinski definition) is 4. The van der Waals surface area contributed by atoms with Gasteiger partial charge in [0.25, 0.3) is 0 Å². The molecule has 2 rings (SSSR count). The Hall–Kier alpha value is -2.51. The quantitative estimate of drug-likeness (QED) is 0.939. The largest absolute Gasteiger partial charge is 0.495 e. The van der Waals surface area contributed by atoms with Crippen molar-refractivity contribution in [2.24, 2.45) is 0 Å². The van der Waals surface area contributed by atoms with Gasteiger partial charge in [0.2, 0.25) is 5.76 Å². The first-order valence-electron chi connectivity index (χ1n) is 5.29. The molecular formula is C12H8F3NO4. The van der Waals surface area contributed by atoms with Gasteiger partial charge in [-0.15, -0.1) is 0 Å². The second-order valence-electron chi connectivity index (χ2n) is 3.77. The van der Waals surface area contributed by atoms with Crippen LogP contribution in [0.2, 0.25) is 0 Å². The zero-order chi connectivity index (χ0) is 14.9. The van der Waals surface area contributed by atoms with Gasteiger partial charge in [0.1, 0.15) is 11.4 Å². The van der Waals surface area contributed by atoms with E-state index in [1.807, 2.05) is 0 Å². The molecule has 0 spiro atoms. The molecule has 106 valence electrons. The van der Waals surface area contributed by atoms with Crippen LogP contribution in [-0.4, -0.2) is 23.3 Å². The van der Waals surface area contributed by atoms with E-state index in [4.69, 9.17) is 9.84 Å². The van der Waals surface area contributed by atoms with Crippen molar-refractivity contribution in [1.82, 2.24) is 5.16 Å². The molecule has 0 saturated carbocycles. The van der Waals surface area contributed by atoms with Crippen molar-refractivity contribution in [3.8, 4) is 17.0 Å². The third-order valence-electron chi connectivity index (χ3n) is 2.52. The molecule has 0 bridgehead atoms. The number of hydrogen-bond donors (Lipinski definition) is 1. The molecule has 1 N–H and O–H groups in total. The zero-order valence-electron chi connectivity index (χ0n) is 10.1. The van der Waals surface area contributed by atoms with E-state index in [1.54, 1.807) is 0 Å². The smallest absolute Gasteiger partial charge is 0.419 e. The standard InChI is InChI=1S/C12H8F3NO4/c1-19-10-6(3-2-4-7(10)12(13,14)15)8-5-9(11(17)18)20-16-8/h2-5H,1H3,(H,17,18). The highest BCUT2D eigenvalue weighted by molar-refractivity contribution is 5.86. The maximum absolute atomic E-state index is 12.8. The van der Waals surface area contributed by atoms with E-state index in [2.05, 4.69) is 9.68 Å². The number of aromatic nitrogens is 1. The van der Waals surface area contributed by atoms with Crippen molar-refractivity contribution in [1.29, 1.82) is 0 Å². The SMILES string of the molecule is COc1c(-c2cc(C(=O)O)on2)cccc1C(F)(F)F. The minimum atomic E-state index is -4.60. The molecule has 0 fully saturated rings. The number of aromatic carboxylic acids is 1. The maximum Gasteiger partial charge on any atom is 0.419 e. The van der Waals surface area contributed by atoms with Crippen LogP contribution in [-0.2, 0) is 6.18 Å². The van der Waals surface area contributed by atoms with Gasteiger partial charge in [0, 0.05) is 11.6 Å². The monoisotopic (exact) mass is 287 g/mol. The fourth-order valence-corrected chi connectivity index (χ4v) is 1.68. The summed E-state index contributed by atoms with van der Waals surface area (Å²) in [5, 5.41) is 12.1. The maximum atomic E-state index is 12.8. The lowest BCUT2D eigenvalue weighted by Crippen LogP contribution is -2.08. The molecule has 0 saturated heterocycles. The van der Waals surface area contributed by atoms with Crippen LogP contribution in [0.3, 0.4) is 0 Å². The van der Waals surface area contributed by atoms with Crippen LogP contribution in [0.5, 0.6) is 5.75 Å². The molecule has 2 aromatic rings. The van der Waals surface area contributed by atoms with Crippen molar-refractivity contribution >= 4 is 5.97 Å². The van der Waals surface area contributed by atoms with Gasteiger partial charge < -0.3 is 14.4 Å². The van der Waals surface area contributed by atoms with Crippen LogP contribution in [0.1, 0.15) is 16.1 Å². The van der Waals surface area contributed by atoms with Crippen LogP contribution < -0.4 is 4.74 Å². The Morgan fingerprint density at radius 3 is 2.60 bits per heavy atom. The van der Waals surface area contributed by atoms with E-state index in [-0.39, 0.29) is 11.3 Å². The van der Waals surface area contributed by atoms with E-state index in [9.17, 15) is 18.0 Å². The van der Waals surface area contributed by atoms with Gasteiger partial charge in [-0.1, -0.05) is 11.2 Å². The molecule has 1 heterocycles. The normalized spacial score (nSPS) is 11.4. The summed E-state index contributed by atoms with van der Waals surface area (Å²) in [5.41, 5.74) is -1.03. The Balaban J connectivity index is 2.59. The zero-order valence-corrected chi connectivity index (χ0v) is 10.1. The van der Waals surface area contributed by atoms with Gasteiger partial charge in [-0.05, 0) is 12.1 Å². The van der Waals surface area contributed by atoms with Crippen LogP contribution in [0.25, 0.3) is 11.3 Å². The predicted octanol–water partition coefficient (Wildman–Crippen LogP) is 3.07. The van der Waals surface area contributed by atoms with Gasteiger partial charge >= 0.3 is 12.1 Å². The topological polar surface area (TPSA) is 72.6 Å². The Bertz CT molecular complexity index is 648. The average Bonchev–Trinajstić information content (AvgIpc) is 2.86. The van der Waals surface area contributed by atoms with Crippen molar-refractivity contribution in [2.75, 3.05) is 7.11 Å². The number of methoxy groups -OCH3 is 1. The van der Waals surface area contributed by atoms with Crippen molar-refractivity contribution in [3.05, 3.63) is 35.6 Å². The molecule has 0 aliphatic heterocycles. The van der Waals surface area contributed by atoms with Crippen LogP contribution in [0.15, 0.2) is 28.8 Å². The molecule has 0 aliphatic carbocycles. The van der Waals surface area contributed by atoms with E-state index in [1.165, 1.54) is 12.1 Å². The van der Waals surface area contributed by atoms with E-state index >= 15 is 0 Å². The fourth-order valence-electron chi connectivity index (χ4n) is 1.68. The fraction of sp³-hybridized carbons (Fsp3) is 0.167. The molecule has 1 aromatic heterocycles. The highest BCUT2D eigenvalue weighted by Gasteiger charge is 2.35. The van der Waals surface area contributed by atoms with Crippen molar-refractivity contribution in [2.45, 2.75) is 6.18 Å². The minimum absolute atomic E-state index is 0.00132. The van der Waals surface area contributed by atoms with Crippen molar-refractivity contribution in [3.63, 3.8) is 0 Å². The van der Waals surface area contributed by atoms with Crippen molar-refractivity contribution < 1.29 is 32.3 Å². The second-order valence-corrected chi connectivity index (χ2v) is 3.77. The minimum Gasteiger partial charge on any atom is -0.495 e. The summed E-state index contributed by atoms with van der Waals surface area (Å²) in [6.07, 6.45) is -4.60. The third kappa shape index (κ3) is 2.44. The molecule has 20 heavy (non-hydrogen) atoms. The Kier molecular flexibility index (Phi) is 3.39. The van der Waals surface area contributed by atoms with Gasteiger partial charge in [-0.25, -0.2) is 4.79 Å². The number of alkyl halides is 3. The van der Waals surface area contributed by atoms with Gasteiger partial charge in [0.05, 0.1) is 12.7 Å². The molecule has 8 heteroatoms. The molecule has 0 unspecified atom stereocenters. The summed E-state index contributed by atoms with van der Waals surface area (Å²) in [4.78, 5) is 10.7. The first kappa shape index (κ1) is 13.9. The lowest BCUT2D eigenvalue weighted by molar-refractivity contribution is -0.138. The number of carbonyl (C=O) groups is 1. The molecule has 0 aliphatic rings. The van der Waals surface area contributed by atoms with Crippen LogP contribution in [0, 0.1) is 0 Å². The Morgan fingerprint density at radius 1 is 1.40 bits per heavy atom. The first-order valence-corrected chi connectivity index (χ1v) is 5.29. The van der Waals surface area contributed by atoms with E-state index < -0.39 is 29.2 Å². The molecule has 0 radical (unpaired) electrons. The number of para-hydroxylation sites is 1. The molecule has 5 nitrogen and oxygen atoms in total. The van der Waals surface area contributed by atoms with Gasteiger partial charge in [-0.2, -0.15) is 13.2 Å². The Morgan fingerprint density at radius 2 is 2.10 bits per heavy atom. The number of halogens is 3. The number of rotatable bonds is 3. The van der Waals surface area contributed by atoms with Crippen LogP contribution in [0.4, 0.5) is 13.2 Å². The summed E-state index contributed by atoms with van der Waals surface area (Å²) in [7, 11) is 1.09. The summed E-state index contributed by atoms with van der Waals surface area (Å²) < 4.78 is 47.8. The lowest BCUT2D eigenvalue weighted by atomic mass is 10.1. The number of ether oxygens (including phenoxy) is 1.